The molecule has 0 saturated heterocycles. The van der Waals surface area contributed by atoms with Crippen LogP contribution in [0.5, 0.6) is 11.5 Å². The van der Waals surface area contributed by atoms with Crippen LogP contribution in [0.25, 0.3) is 16.7 Å². The summed E-state index contributed by atoms with van der Waals surface area (Å²) in [6, 6.07) is 9.05. The molecule has 0 amide bonds. The fraction of sp³-hybridized carbons (Fsp3) is 0.269. The zero-order chi connectivity index (χ0) is 23.1. The van der Waals surface area contributed by atoms with E-state index in [0.29, 0.717) is 17.9 Å². The molecule has 0 aromatic heterocycles. The highest BCUT2D eigenvalue weighted by Gasteiger charge is 2.25. The highest BCUT2D eigenvalue weighted by atomic mass is 19.1. The normalized spacial score (nSPS) is 11.9. The molecule has 2 aromatic carbocycles. The van der Waals surface area contributed by atoms with Crippen LogP contribution in [-0.2, 0) is 11.3 Å². The average Bonchev–Trinajstić information content (AvgIpc) is 2.76. The second-order valence-corrected chi connectivity index (χ2v) is 6.88. The molecule has 2 aromatic rings. The molecule has 0 bridgehead atoms. The van der Waals surface area contributed by atoms with Crippen molar-refractivity contribution in [2.45, 2.75) is 40.4 Å². The lowest BCUT2D eigenvalue weighted by Gasteiger charge is -2.24. The number of allylic oxidation sites excluding steroid dienone is 4. The summed E-state index contributed by atoms with van der Waals surface area (Å²) in [5.41, 5.74) is 3.30. The summed E-state index contributed by atoms with van der Waals surface area (Å²) in [5.74, 6) is 0.0435. The Bertz CT molecular complexity index is 1020. The number of benzene rings is 2. The first kappa shape index (κ1) is 23.9. The van der Waals surface area contributed by atoms with Crippen LogP contribution in [0.4, 0.5) is 4.39 Å². The van der Waals surface area contributed by atoms with E-state index in [4.69, 9.17) is 14.2 Å². The van der Waals surface area contributed by atoms with Gasteiger partial charge in [-0.15, -0.1) is 0 Å². The van der Waals surface area contributed by atoms with Crippen molar-refractivity contribution in [1.82, 2.24) is 0 Å². The van der Waals surface area contributed by atoms with Gasteiger partial charge in [0.2, 0.25) is 0 Å². The van der Waals surface area contributed by atoms with Gasteiger partial charge in [-0.2, -0.15) is 0 Å². The van der Waals surface area contributed by atoms with E-state index in [1.807, 2.05) is 45.9 Å². The van der Waals surface area contributed by atoms with Crippen molar-refractivity contribution in [1.29, 1.82) is 0 Å². The maximum atomic E-state index is 14.1. The minimum atomic E-state index is -0.679. The maximum absolute atomic E-state index is 14.1. The van der Waals surface area contributed by atoms with Gasteiger partial charge in [0, 0.05) is 22.3 Å². The molecule has 0 fully saturated rings. The Morgan fingerprint density at radius 2 is 1.87 bits per heavy atom. The summed E-state index contributed by atoms with van der Waals surface area (Å²) >= 11 is 0. The van der Waals surface area contributed by atoms with Gasteiger partial charge in [-0.1, -0.05) is 45.2 Å². The number of esters is 1. The highest BCUT2D eigenvalue weighted by Crippen LogP contribution is 2.42. The molecule has 0 N–H and O–H groups in total. The molecule has 0 atom stereocenters. The first-order chi connectivity index (χ1) is 14.8. The molecule has 1 aliphatic rings. The highest BCUT2D eigenvalue weighted by molar-refractivity contribution is 6.00. The van der Waals surface area contributed by atoms with Gasteiger partial charge in [0.15, 0.2) is 0 Å². The van der Waals surface area contributed by atoms with Crippen molar-refractivity contribution in [3.8, 4) is 22.6 Å². The van der Waals surface area contributed by atoms with Gasteiger partial charge >= 0.3 is 5.97 Å². The first-order valence-corrected chi connectivity index (χ1v) is 10.2. The van der Waals surface area contributed by atoms with Crippen LogP contribution in [0.15, 0.2) is 61.5 Å². The monoisotopic (exact) mass is 424 g/mol. The summed E-state index contributed by atoms with van der Waals surface area (Å²) < 4.78 is 30.7. The standard InChI is InChI=1S/C24H23FO4.C2H6/c1-6-7-18(15(4)25)20-12-23-21(11-22(20)24(26)27-5)19-9-8-17(29-14(2)3)10-16(19)13-28-23;1-2/h6-12,14H,1,4,13H2,2-3,5H3;1-2H3/b18-7+;. The van der Waals surface area contributed by atoms with Gasteiger partial charge < -0.3 is 14.2 Å². The second-order valence-electron chi connectivity index (χ2n) is 6.88. The molecular weight excluding hydrogens is 395 g/mol. The Hall–Kier alpha value is -3.34. The Morgan fingerprint density at radius 1 is 1.16 bits per heavy atom. The Balaban J connectivity index is 0.00000166. The van der Waals surface area contributed by atoms with Crippen molar-refractivity contribution < 1.29 is 23.4 Å². The van der Waals surface area contributed by atoms with Gasteiger partial charge in [0.05, 0.1) is 18.8 Å². The van der Waals surface area contributed by atoms with Crippen molar-refractivity contribution in [3.05, 3.63) is 78.2 Å². The number of carbonyl (C=O) groups excluding carboxylic acids is 1. The van der Waals surface area contributed by atoms with Gasteiger partial charge in [-0.05, 0) is 43.7 Å². The number of ether oxygens (including phenoxy) is 3. The molecule has 164 valence electrons. The number of carbonyl (C=O) groups is 1. The van der Waals surface area contributed by atoms with E-state index in [2.05, 4.69) is 13.2 Å². The van der Waals surface area contributed by atoms with Gasteiger partial charge in [0.25, 0.3) is 0 Å². The van der Waals surface area contributed by atoms with Crippen molar-refractivity contribution in [2.75, 3.05) is 7.11 Å². The minimum absolute atomic E-state index is 0.0576. The molecule has 4 nitrogen and oxygen atoms in total. The van der Waals surface area contributed by atoms with Gasteiger partial charge in [0.1, 0.15) is 23.9 Å². The van der Waals surface area contributed by atoms with Gasteiger partial charge in [-0.25, -0.2) is 9.18 Å². The minimum Gasteiger partial charge on any atom is -0.491 e. The zero-order valence-corrected chi connectivity index (χ0v) is 18.8. The lowest BCUT2D eigenvalue weighted by Crippen LogP contribution is -2.12. The predicted octanol–water partition coefficient (Wildman–Crippen LogP) is 6.90. The molecule has 1 heterocycles. The number of rotatable bonds is 6. The summed E-state index contributed by atoms with van der Waals surface area (Å²) in [5, 5.41) is 0. The predicted molar refractivity (Wildman–Crippen MR) is 123 cm³/mol. The third-order valence-corrected chi connectivity index (χ3v) is 4.51. The molecule has 0 spiro atoms. The SMILES string of the molecule is C=C/C=C(\C(=C)F)c1cc2c(cc1C(=O)OC)-c1ccc(OC(C)C)cc1CO2.CC. The Morgan fingerprint density at radius 3 is 2.45 bits per heavy atom. The molecular formula is C26H29FO4. The van der Waals surface area contributed by atoms with Crippen LogP contribution in [0.1, 0.15) is 49.2 Å². The summed E-state index contributed by atoms with van der Waals surface area (Å²) in [7, 11) is 1.28. The van der Waals surface area contributed by atoms with Crippen LogP contribution in [0.3, 0.4) is 0 Å². The quantitative estimate of drug-likeness (QED) is 0.374. The van der Waals surface area contributed by atoms with E-state index in [1.54, 1.807) is 12.1 Å². The molecule has 0 unspecified atom stereocenters. The third-order valence-electron chi connectivity index (χ3n) is 4.51. The largest absolute Gasteiger partial charge is 0.491 e. The zero-order valence-electron chi connectivity index (χ0n) is 18.8. The van der Waals surface area contributed by atoms with Crippen LogP contribution in [0, 0.1) is 0 Å². The van der Waals surface area contributed by atoms with Crippen molar-refractivity contribution in [3.63, 3.8) is 0 Å². The average molecular weight is 425 g/mol. The fourth-order valence-electron chi connectivity index (χ4n) is 3.31. The summed E-state index contributed by atoms with van der Waals surface area (Å²) in [6.45, 7) is 15.2. The number of methoxy groups -OCH3 is 1. The molecule has 1 aliphatic heterocycles. The number of hydrogen-bond donors (Lipinski definition) is 0. The molecule has 0 saturated carbocycles. The number of fused-ring (bicyclic) bond motifs is 3. The van der Waals surface area contributed by atoms with Crippen LogP contribution in [-0.4, -0.2) is 19.2 Å². The smallest absolute Gasteiger partial charge is 0.338 e. The Kier molecular flexibility index (Phi) is 8.20. The molecule has 31 heavy (non-hydrogen) atoms. The molecule has 0 radical (unpaired) electrons. The second kappa shape index (κ2) is 10.6. The number of halogens is 1. The van der Waals surface area contributed by atoms with E-state index >= 15 is 0 Å². The van der Waals surface area contributed by atoms with E-state index in [1.165, 1.54) is 19.3 Å². The molecule has 0 aliphatic carbocycles. The lowest BCUT2D eigenvalue weighted by atomic mass is 9.90. The van der Waals surface area contributed by atoms with Crippen LogP contribution in [0.2, 0.25) is 0 Å². The maximum Gasteiger partial charge on any atom is 0.338 e. The lowest BCUT2D eigenvalue weighted by molar-refractivity contribution is 0.0600. The Labute approximate surface area is 183 Å². The van der Waals surface area contributed by atoms with Crippen molar-refractivity contribution in [2.24, 2.45) is 0 Å². The van der Waals surface area contributed by atoms with Crippen molar-refractivity contribution >= 4 is 11.5 Å². The topological polar surface area (TPSA) is 44.8 Å². The summed E-state index contributed by atoms with van der Waals surface area (Å²) in [4.78, 5) is 12.5. The molecule has 5 heteroatoms. The van der Waals surface area contributed by atoms with Gasteiger partial charge in [-0.3, -0.25) is 0 Å². The number of hydrogen-bond acceptors (Lipinski definition) is 4. The van der Waals surface area contributed by atoms with Crippen LogP contribution < -0.4 is 9.47 Å². The first-order valence-electron chi connectivity index (χ1n) is 10.2. The third kappa shape index (κ3) is 5.23. The molecule has 3 rings (SSSR count). The van der Waals surface area contributed by atoms with E-state index in [0.717, 1.165) is 22.4 Å². The van der Waals surface area contributed by atoms with E-state index in [9.17, 15) is 9.18 Å². The van der Waals surface area contributed by atoms with Crippen LogP contribution >= 0.6 is 0 Å². The summed E-state index contributed by atoms with van der Waals surface area (Å²) in [6.07, 6.45) is 2.96. The fourth-order valence-corrected chi connectivity index (χ4v) is 3.31. The van der Waals surface area contributed by atoms with E-state index in [-0.39, 0.29) is 17.2 Å². The van der Waals surface area contributed by atoms with E-state index < -0.39 is 11.8 Å².